The summed E-state index contributed by atoms with van der Waals surface area (Å²) in [6, 6.07) is 23.4. The van der Waals surface area contributed by atoms with E-state index >= 15 is 0 Å². The average molecular weight is 483 g/mol. The first-order valence-electron chi connectivity index (χ1n) is 11.7. The van der Waals surface area contributed by atoms with Gasteiger partial charge in [-0.15, -0.1) is 0 Å². The molecule has 1 aliphatic rings. The quantitative estimate of drug-likeness (QED) is 0.393. The molecular weight excluding hydrogens is 456 g/mol. The van der Waals surface area contributed by atoms with Gasteiger partial charge in [-0.2, -0.15) is 0 Å². The van der Waals surface area contributed by atoms with Gasteiger partial charge in [-0.1, -0.05) is 66.7 Å². The van der Waals surface area contributed by atoms with Crippen molar-refractivity contribution in [3.63, 3.8) is 0 Å². The normalized spacial score (nSPS) is 14.9. The molecule has 0 heterocycles. The lowest BCUT2D eigenvalue weighted by Crippen LogP contribution is -2.29. The first-order valence-corrected chi connectivity index (χ1v) is 11.7. The predicted molar refractivity (Wildman–Crippen MR) is 137 cm³/mol. The predicted octanol–water partition coefficient (Wildman–Crippen LogP) is 5.54. The molecule has 182 valence electrons. The average Bonchev–Trinajstić information content (AvgIpc) is 2.91. The summed E-state index contributed by atoms with van der Waals surface area (Å²) in [4.78, 5) is 38.5. The lowest BCUT2D eigenvalue weighted by Gasteiger charge is -2.23. The minimum absolute atomic E-state index is 0.133. The van der Waals surface area contributed by atoms with E-state index in [1.165, 1.54) is 18.2 Å². The highest BCUT2D eigenvalue weighted by Gasteiger charge is 2.30. The molecule has 4 rings (SSSR count). The molecule has 1 unspecified atom stereocenters. The fraction of sp³-hybridized carbons (Fsp3) is 0.167. The van der Waals surface area contributed by atoms with Gasteiger partial charge in [0, 0.05) is 5.57 Å². The first kappa shape index (κ1) is 24.7. The Hall–Kier alpha value is -4.45. The number of esters is 2. The Balaban J connectivity index is 1.72. The number of hydrogen-bond acceptors (Lipinski definition) is 6. The van der Waals surface area contributed by atoms with Crippen molar-refractivity contribution in [2.45, 2.75) is 20.0 Å². The summed E-state index contributed by atoms with van der Waals surface area (Å²) < 4.78 is 16.2. The summed E-state index contributed by atoms with van der Waals surface area (Å²) in [7, 11) is 0. The molecule has 0 N–H and O–H groups in total. The Labute approximate surface area is 209 Å². The van der Waals surface area contributed by atoms with Crippen LogP contribution < -0.4 is 4.74 Å². The lowest BCUT2D eigenvalue weighted by atomic mass is 9.86. The van der Waals surface area contributed by atoms with Crippen molar-refractivity contribution in [3.05, 3.63) is 113 Å². The Morgan fingerprint density at radius 1 is 0.750 bits per heavy atom. The van der Waals surface area contributed by atoms with Gasteiger partial charge in [0.1, 0.15) is 5.75 Å². The molecule has 36 heavy (non-hydrogen) atoms. The second-order valence-corrected chi connectivity index (χ2v) is 7.97. The maximum absolute atomic E-state index is 13.7. The van der Waals surface area contributed by atoms with E-state index in [9.17, 15) is 14.4 Å². The summed E-state index contributed by atoms with van der Waals surface area (Å²) in [6.45, 7) is 3.74. The van der Waals surface area contributed by atoms with E-state index in [0.29, 0.717) is 5.57 Å². The van der Waals surface area contributed by atoms with Gasteiger partial charge in [-0.3, -0.25) is 4.79 Å². The number of benzene rings is 3. The number of allylic oxidation sites excluding steroid dienone is 2. The second-order valence-electron chi connectivity index (χ2n) is 7.97. The van der Waals surface area contributed by atoms with Gasteiger partial charge in [0.25, 0.3) is 0 Å². The van der Waals surface area contributed by atoms with Crippen LogP contribution in [0.3, 0.4) is 0 Å². The van der Waals surface area contributed by atoms with E-state index < -0.39 is 18.0 Å². The maximum atomic E-state index is 13.7. The minimum Gasteiger partial charge on any atom is -0.478 e. The van der Waals surface area contributed by atoms with Crippen LogP contribution in [0.4, 0.5) is 0 Å². The maximum Gasteiger partial charge on any atom is 0.338 e. The van der Waals surface area contributed by atoms with Gasteiger partial charge in [0.15, 0.2) is 6.10 Å². The molecule has 3 aromatic carbocycles. The molecule has 0 bridgehead atoms. The molecular formula is C30H26O6. The summed E-state index contributed by atoms with van der Waals surface area (Å²) >= 11 is 0. The van der Waals surface area contributed by atoms with Crippen LogP contribution >= 0.6 is 0 Å². The van der Waals surface area contributed by atoms with Gasteiger partial charge in [-0.25, -0.2) is 9.59 Å². The van der Waals surface area contributed by atoms with Crippen molar-refractivity contribution >= 4 is 28.9 Å². The molecule has 1 atom stereocenters. The van der Waals surface area contributed by atoms with E-state index in [1.807, 2.05) is 66.7 Å². The van der Waals surface area contributed by atoms with Crippen molar-refractivity contribution in [3.8, 4) is 5.75 Å². The molecule has 0 aromatic heterocycles. The van der Waals surface area contributed by atoms with Crippen LogP contribution in [0.1, 0.15) is 45.7 Å². The van der Waals surface area contributed by atoms with Gasteiger partial charge in [0.2, 0.25) is 5.78 Å². The smallest absolute Gasteiger partial charge is 0.338 e. The number of hydrogen-bond donors (Lipinski definition) is 0. The zero-order valence-electron chi connectivity index (χ0n) is 20.1. The van der Waals surface area contributed by atoms with Crippen molar-refractivity contribution in [2.24, 2.45) is 0 Å². The van der Waals surface area contributed by atoms with Crippen molar-refractivity contribution in [2.75, 3.05) is 13.2 Å². The third kappa shape index (κ3) is 5.44. The molecule has 6 heteroatoms. The monoisotopic (exact) mass is 482 g/mol. The summed E-state index contributed by atoms with van der Waals surface area (Å²) in [5.74, 6) is -1.26. The van der Waals surface area contributed by atoms with Gasteiger partial charge in [-0.05, 0) is 54.8 Å². The third-order valence-corrected chi connectivity index (χ3v) is 5.55. The van der Waals surface area contributed by atoms with Crippen LogP contribution in [0.5, 0.6) is 5.75 Å². The number of rotatable bonds is 8. The van der Waals surface area contributed by atoms with Crippen LogP contribution in [0, 0.1) is 0 Å². The van der Waals surface area contributed by atoms with E-state index in [4.69, 9.17) is 14.2 Å². The van der Waals surface area contributed by atoms with Crippen LogP contribution in [0.15, 0.2) is 91.0 Å². The fourth-order valence-electron chi connectivity index (χ4n) is 3.96. The number of carbonyl (C=O) groups excluding carboxylic acids is 3. The molecule has 0 aliphatic heterocycles. The number of ether oxygens (including phenoxy) is 3. The lowest BCUT2D eigenvalue weighted by molar-refractivity contribution is -0.118. The van der Waals surface area contributed by atoms with E-state index in [1.54, 1.807) is 19.9 Å². The molecule has 0 saturated heterocycles. The molecule has 0 spiro atoms. The van der Waals surface area contributed by atoms with E-state index in [2.05, 4.69) is 0 Å². The Bertz CT molecular complexity index is 1290. The van der Waals surface area contributed by atoms with Crippen molar-refractivity contribution < 1.29 is 28.6 Å². The van der Waals surface area contributed by atoms with Crippen LogP contribution in [-0.4, -0.2) is 37.0 Å². The summed E-state index contributed by atoms with van der Waals surface area (Å²) in [6.07, 6.45) is 2.59. The molecule has 6 nitrogen and oxygen atoms in total. The molecule has 0 amide bonds. The zero-order chi connectivity index (χ0) is 25.5. The van der Waals surface area contributed by atoms with Gasteiger partial charge < -0.3 is 14.2 Å². The Kier molecular flexibility index (Phi) is 7.75. The SMILES string of the molecule is CCOC(=O)c1cc(OC2C=CC(c3ccccc3)=C(c3ccccc3)C2=O)cc(C(=O)OCC)c1. The number of Topliss-reactive ketones (excluding diaryl/α,β-unsaturated/α-hetero) is 1. The standard InChI is InChI=1S/C30H26O6/c1-3-34-29(32)22-17-23(30(33)35-4-2)19-24(18-22)36-26-16-15-25(20-11-7-5-8-12-20)27(28(26)31)21-13-9-6-10-14-21/h5-19,26H,3-4H2,1-2H3. The molecule has 1 aliphatic carbocycles. The fourth-order valence-corrected chi connectivity index (χ4v) is 3.96. The first-order chi connectivity index (χ1) is 17.5. The highest BCUT2D eigenvalue weighted by molar-refractivity contribution is 6.32. The van der Waals surface area contributed by atoms with Gasteiger partial charge in [0.05, 0.1) is 24.3 Å². The Morgan fingerprint density at radius 3 is 1.81 bits per heavy atom. The number of ketones is 1. The molecule has 0 fully saturated rings. The second kappa shape index (κ2) is 11.3. The van der Waals surface area contributed by atoms with Crippen LogP contribution in [0.25, 0.3) is 11.1 Å². The molecule has 0 saturated carbocycles. The summed E-state index contributed by atoms with van der Waals surface area (Å²) in [5, 5.41) is 0. The van der Waals surface area contributed by atoms with E-state index in [0.717, 1.165) is 16.7 Å². The highest BCUT2D eigenvalue weighted by Crippen LogP contribution is 2.34. The van der Waals surface area contributed by atoms with Crippen molar-refractivity contribution in [1.82, 2.24) is 0 Å². The van der Waals surface area contributed by atoms with Gasteiger partial charge >= 0.3 is 11.9 Å². The summed E-state index contributed by atoms with van der Waals surface area (Å²) in [5.41, 5.74) is 3.27. The van der Waals surface area contributed by atoms with Crippen molar-refractivity contribution in [1.29, 1.82) is 0 Å². The largest absolute Gasteiger partial charge is 0.478 e. The highest BCUT2D eigenvalue weighted by atomic mass is 16.5. The van der Waals surface area contributed by atoms with Crippen LogP contribution in [-0.2, 0) is 14.3 Å². The Morgan fingerprint density at radius 2 is 1.28 bits per heavy atom. The molecule has 0 radical (unpaired) electrons. The minimum atomic E-state index is -0.958. The zero-order valence-corrected chi connectivity index (χ0v) is 20.1. The van der Waals surface area contributed by atoms with Crippen LogP contribution in [0.2, 0.25) is 0 Å². The third-order valence-electron chi connectivity index (χ3n) is 5.55. The van der Waals surface area contributed by atoms with E-state index in [-0.39, 0.29) is 35.9 Å². The molecule has 3 aromatic rings. The number of carbonyl (C=O) groups is 3. The topological polar surface area (TPSA) is 78.9 Å².